The summed E-state index contributed by atoms with van der Waals surface area (Å²) in [5, 5.41) is 7.46. The molecule has 0 saturated heterocycles. The first-order chi connectivity index (χ1) is 14.5. The Morgan fingerprint density at radius 2 is 2.07 bits per heavy atom. The zero-order valence-corrected chi connectivity index (χ0v) is 19.3. The highest BCUT2D eigenvalue weighted by Gasteiger charge is 2.20. The van der Waals surface area contributed by atoms with Gasteiger partial charge < -0.3 is 20.1 Å². The minimum Gasteiger partial charge on any atom is -0.494 e. The van der Waals surface area contributed by atoms with Crippen LogP contribution in [-0.4, -0.2) is 43.2 Å². The number of nitrogens with zero attached hydrogens (tertiary/aromatic N) is 2. The maximum Gasteiger partial charge on any atom is 0.350 e. The van der Waals surface area contributed by atoms with E-state index in [9.17, 15) is 4.79 Å². The predicted molar refractivity (Wildman–Crippen MR) is 122 cm³/mol. The number of carbonyl (C=O) groups is 1. The highest BCUT2D eigenvalue weighted by molar-refractivity contribution is 7.13. The van der Waals surface area contributed by atoms with Gasteiger partial charge in [-0.15, -0.1) is 11.3 Å². The summed E-state index contributed by atoms with van der Waals surface area (Å²) in [4.78, 5) is 21.8. The van der Waals surface area contributed by atoms with Crippen LogP contribution in [-0.2, 0) is 11.2 Å². The molecule has 7 nitrogen and oxygen atoms in total. The fourth-order valence-corrected chi connectivity index (χ4v) is 3.79. The van der Waals surface area contributed by atoms with Crippen molar-refractivity contribution in [3.05, 3.63) is 45.4 Å². The number of aliphatic imine (C=N–C) groups is 1. The van der Waals surface area contributed by atoms with Crippen molar-refractivity contribution in [2.24, 2.45) is 4.99 Å². The van der Waals surface area contributed by atoms with E-state index < -0.39 is 0 Å². The molecule has 0 saturated carbocycles. The topological polar surface area (TPSA) is 84.8 Å². The average Bonchev–Trinajstić information content (AvgIpc) is 3.11. The Morgan fingerprint density at radius 3 is 2.77 bits per heavy atom. The van der Waals surface area contributed by atoms with E-state index in [1.807, 2.05) is 39.8 Å². The third-order valence-electron chi connectivity index (χ3n) is 4.22. The molecule has 0 aliphatic carbocycles. The van der Waals surface area contributed by atoms with Crippen LogP contribution in [0.3, 0.4) is 0 Å². The van der Waals surface area contributed by atoms with Crippen molar-refractivity contribution >= 4 is 23.3 Å². The smallest absolute Gasteiger partial charge is 0.350 e. The van der Waals surface area contributed by atoms with E-state index >= 15 is 0 Å². The zero-order valence-electron chi connectivity index (χ0n) is 18.4. The summed E-state index contributed by atoms with van der Waals surface area (Å²) < 4.78 is 10.7. The van der Waals surface area contributed by atoms with Crippen LogP contribution in [0.2, 0.25) is 0 Å². The normalized spacial score (nSPS) is 12.4. The second kappa shape index (κ2) is 12.2. The molecule has 8 heteroatoms. The van der Waals surface area contributed by atoms with Crippen molar-refractivity contribution in [3.8, 4) is 5.75 Å². The molecule has 1 heterocycles. The number of hydrogen-bond acceptors (Lipinski definition) is 6. The van der Waals surface area contributed by atoms with Crippen LogP contribution >= 0.6 is 11.3 Å². The number of nitrogens with one attached hydrogen (secondary N) is 2. The van der Waals surface area contributed by atoms with Crippen molar-refractivity contribution < 1.29 is 14.3 Å². The van der Waals surface area contributed by atoms with Gasteiger partial charge in [0.15, 0.2) is 5.96 Å². The Balaban J connectivity index is 2.01. The molecule has 0 aliphatic heterocycles. The molecule has 1 aromatic heterocycles. The van der Waals surface area contributed by atoms with Gasteiger partial charge in [-0.2, -0.15) is 0 Å². The number of rotatable bonds is 10. The largest absolute Gasteiger partial charge is 0.494 e. The van der Waals surface area contributed by atoms with Crippen molar-refractivity contribution in [2.45, 2.75) is 47.1 Å². The van der Waals surface area contributed by atoms with Gasteiger partial charge in [0.2, 0.25) is 0 Å². The molecule has 0 spiro atoms. The third-order valence-corrected chi connectivity index (χ3v) is 5.54. The number of carbonyl (C=O) groups excluding carboxylic acids is 1. The second-order valence-corrected chi connectivity index (χ2v) is 7.67. The van der Waals surface area contributed by atoms with E-state index in [1.165, 1.54) is 16.9 Å². The van der Waals surface area contributed by atoms with Crippen LogP contribution in [0.1, 0.15) is 59.7 Å². The fraction of sp³-hybridized carbons (Fsp3) is 0.500. The summed E-state index contributed by atoms with van der Waals surface area (Å²) in [5.41, 5.74) is 1.88. The molecule has 0 radical (unpaired) electrons. The molecular weight excluding hydrogens is 400 g/mol. The molecule has 1 atom stereocenters. The summed E-state index contributed by atoms with van der Waals surface area (Å²) in [7, 11) is 0. The molecular formula is C22H32N4O3S. The van der Waals surface area contributed by atoms with E-state index in [-0.39, 0.29) is 12.0 Å². The van der Waals surface area contributed by atoms with E-state index in [4.69, 9.17) is 9.47 Å². The molecule has 2 N–H and O–H groups in total. The third kappa shape index (κ3) is 7.02. The summed E-state index contributed by atoms with van der Waals surface area (Å²) in [6.07, 6.45) is 0.815. The Kier molecular flexibility index (Phi) is 9.60. The first kappa shape index (κ1) is 23.7. The lowest BCUT2D eigenvalue weighted by Gasteiger charge is -2.16. The quantitative estimate of drug-likeness (QED) is 0.337. The van der Waals surface area contributed by atoms with Crippen molar-refractivity contribution in [1.29, 1.82) is 0 Å². The maximum atomic E-state index is 12.0. The first-order valence-corrected chi connectivity index (χ1v) is 11.2. The number of esters is 1. The van der Waals surface area contributed by atoms with Gasteiger partial charge in [-0.1, -0.05) is 12.1 Å². The Hall–Kier alpha value is -2.61. The molecule has 0 aliphatic rings. The monoisotopic (exact) mass is 432 g/mol. The van der Waals surface area contributed by atoms with Crippen molar-refractivity contribution in [2.75, 3.05) is 26.3 Å². The lowest BCUT2D eigenvalue weighted by atomic mass is 10.1. The highest BCUT2D eigenvalue weighted by atomic mass is 32.1. The molecule has 30 heavy (non-hydrogen) atoms. The number of thiazole rings is 1. The van der Waals surface area contributed by atoms with Gasteiger partial charge in [-0.05, 0) is 58.7 Å². The second-order valence-electron chi connectivity index (χ2n) is 6.64. The standard InChI is InChI=1S/C22H32N4O3S/c1-6-23-22(24-13-12-17-10-9-11-18(14-17)28-7-2)26-16(5)20-25-15(4)19(30-20)21(27)29-8-3/h9-11,14,16H,6-8,12-13H2,1-5H3,(H2,23,24,26). The number of ether oxygens (including phenoxy) is 2. The van der Waals surface area contributed by atoms with Gasteiger partial charge in [0.1, 0.15) is 15.6 Å². The predicted octanol–water partition coefficient (Wildman–Crippen LogP) is 3.89. The lowest BCUT2D eigenvalue weighted by Crippen LogP contribution is -2.38. The van der Waals surface area contributed by atoms with Crippen LogP contribution < -0.4 is 15.4 Å². The summed E-state index contributed by atoms with van der Waals surface area (Å²) >= 11 is 1.36. The Morgan fingerprint density at radius 1 is 1.27 bits per heavy atom. The number of aromatic nitrogens is 1. The molecule has 0 bridgehead atoms. The van der Waals surface area contributed by atoms with Crippen LogP contribution in [0, 0.1) is 6.92 Å². The van der Waals surface area contributed by atoms with Gasteiger partial charge >= 0.3 is 5.97 Å². The molecule has 2 rings (SSSR count). The SMILES string of the molecule is CCNC(=NCCc1cccc(OCC)c1)NC(C)c1nc(C)c(C(=O)OCC)s1. The van der Waals surface area contributed by atoms with Crippen LogP contribution in [0.5, 0.6) is 5.75 Å². The van der Waals surface area contributed by atoms with E-state index in [0.717, 1.165) is 29.7 Å². The Labute approximate surface area is 182 Å². The van der Waals surface area contributed by atoms with Gasteiger partial charge in [-0.3, -0.25) is 4.99 Å². The lowest BCUT2D eigenvalue weighted by molar-refractivity contribution is 0.0531. The molecule has 1 aromatic carbocycles. The minimum absolute atomic E-state index is 0.0871. The van der Waals surface area contributed by atoms with E-state index in [2.05, 4.69) is 32.7 Å². The fourth-order valence-electron chi connectivity index (χ4n) is 2.83. The Bertz CT molecular complexity index is 851. The summed E-state index contributed by atoms with van der Waals surface area (Å²) in [6.45, 7) is 12.0. The van der Waals surface area contributed by atoms with Gasteiger partial charge in [-0.25, -0.2) is 9.78 Å². The number of aryl methyl sites for hydroxylation is 1. The van der Waals surface area contributed by atoms with Crippen molar-refractivity contribution in [1.82, 2.24) is 15.6 Å². The van der Waals surface area contributed by atoms with Gasteiger partial charge in [0, 0.05) is 13.1 Å². The zero-order chi connectivity index (χ0) is 21.9. The van der Waals surface area contributed by atoms with Crippen LogP contribution in [0.25, 0.3) is 0 Å². The summed E-state index contributed by atoms with van der Waals surface area (Å²) in [5.74, 6) is 1.28. The molecule has 1 unspecified atom stereocenters. The molecule has 0 amide bonds. The number of hydrogen-bond donors (Lipinski definition) is 2. The van der Waals surface area contributed by atoms with Gasteiger partial charge in [0.05, 0.1) is 24.9 Å². The average molecular weight is 433 g/mol. The maximum absolute atomic E-state index is 12.0. The molecule has 164 valence electrons. The van der Waals surface area contributed by atoms with E-state index in [0.29, 0.717) is 30.3 Å². The summed E-state index contributed by atoms with van der Waals surface area (Å²) in [6, 6.07) is 8.01. The molecule has 2 aromatic rings. The first-order valence-electron chi connectivity index (χ1n) is 10.4. The minimum atomic E-state index is -0.319. The van der Waals surface area contributed by atoms with E-state index in [1.54, 1.807) is 6.92 Å². The van der Waals surface area contributed by atoms with Gasteiger partial charge in [0.25, 0.3) is 0 Å². The van der Waals surface area contributed by atoms with Crippen LogP contribution in [0.15, 0.2) is 29.3 Å². The number of benzene rings is 1. The van der Waals surface area contributed by atoms with Crippen molar-refractivity contribution in [3.63, 3.8) is 0 Å². The number of guanidine groups is 1. The highest BCUT2D eigenvalue weighted by Crippen LogP contribution is 2.24. The van der Waals surface area contributed by atoms with Crippen LogP contribution in [0.4, 0.5) is 0 Å². The molecule has 0 fully saturated rings.